The minimum atomic E-state index is 1.14. The van der Waals surface area contributed by atoms with Crippen molar-refractivity contribution in [2.45, 2.75) is 13.3 Å². The normalized spacial score (nSPS) is 16.1. The second-order valence-corrected chi connectivity index (χ2v) is 5.85. The predicted molar refractivity (Wildman–Crippen MR) is 90.0 cm³/mol. The van der Waals surface area contributed by atoms with E-state index in [0.717, 1.165) is 19.5 Å². The summed E-state index contributed by atoms with van der Waals surface area (Å²) in [6, 6.07) is 19.5. The topological polar surface area (TPSA) is 6.48 Å². The van der Waals surface area contributed by atoms with Crippen molar-refractivity contribution in [2.75, 3.05) is 37.6 Å². The summed E-state index contributed by atoms with van der Waals surface area (Å²) < 4.78 is 0. The van der Waals surface area contributed by atoms with Crippen LogP contribution in [0.5, 0.6) is 0 Å². The number of hydrogen-bond acceptors (Lipinski definition) is 2. The zero-order chi connectivity index (χ0) is 14.5. The van der Waals surface area contributed by atoms with Crippen LogP contribution in [-0.4, -0.2) is 37.6 Å². The maximum absolute atomic E-state index is 2.59. The smallest absolute Gasteiger partial charge is 0.0396 e. The summed E-state index contributed by atoms with van der Waals surface area (Å²) in [6.07, 6.45) is 1.16. The van der Waals surface area contributed by atoms with E-state index in [-0.39, 0.29) is 0 Å². The Balaban J connectivity index is 1.50. The highest BCUT2D eigenvalue weighted by molar-refractivity contribution is 5.53. The van der Waals surface area contributed by atoms with Gasteiger partial charge in [0.1, 0.15) is 0 Å². The van der Waals surface area contributed by atoms with E-state index in [2.05, 4.69) is 71.3 Å². The summed E-state index contributed by atoms with van der Waals surface area (Å²) in [5.74, 6) is 0. The fourth-order valence-electron chi connectivity index (χ4n) is 3.06. The first kappa shape index (κ1) is 14.2. The molecule has 0 atom stereocenters. The number of hydrogen-bond donors (Lipinski definition) is 0. The third-order valence-electron chi connectivity index (χ3n) is 4.39. The van der Waals surface area contributed by atoms with Gasteiger partial charge in [-0.2, -0.15) is 0 Å². The monoisotopic (exact) mass is 280 g/mol. The van der Waals surface area contributed by atoms with Crippen molar-refractivity contribution in [2.24, 2.45) is 0 Å². The van der Waals surface area contributed by atoms with Crippen molar-refractivity contribution in [3.63, 3.8) is 0 Å². The third kappa shape index (κ3) is 3.64. The summed E-state index contributed by atoms with van der Waals surface area (Å²) in [5.41, 5.74) is 4.23. The minimum absolute atomic E-state index is 1.14. The molecule has 0 radical (unpaired) electrons. The maximum Gasteiger partial charge on any atom is 0.0396 e. The number of anilines is 1. The third-order valence-corrected chi connectivity index (χ3v) is 4.39. The molecule has 110 valence electrons. The number of nitrogens with zero attached hydrogens (tertiary/aromatic N) is 2. The Morgan fingerprint density at radius 2 is 1.48 bits per heavy atom. The van der Waals surface area contributed by atoms with E-state index in [1.165, 1.54) is 36.4 Å². The minimum Gasteiger partial charge on any atom is -0.369 e. The Kier molecular flexibility index (Phi) is 4.56. The molecule has 2 aromatic rings. The van der Waals surface area contributed by atoms with Crippen LogP contribution in [0, 0.1) is 6.92 Å². The molecule has 0 saturated carbocycles. The molecule has 21 heavy (non-hydrogen) atoms. The Labute approximate surface area is 128 Å². The largest absolute Gasteiger partial charge is 0.369 e. The van der Waals surface area contributed by atoms with Gasteiger partial charge in [0.05, 0.1) is 0 Å². The van der Waals surface area contributed by atoms with Gasteiger partial charge < -0.3 is 4.90 Å². The van der Waals surface area contributed by atoms with Gasteiger partial charge in [-0.1, -0.05) is 48.5 Å². The first-order valence-electron chi connectivity index (χ1n) is 7.90. The lowest BCUT2D eigenvalue weighted by atomic mass is 10.1. The molecular weight excluding hydrogens is 256 g/mol. The number of piperazine rings is 1. The lowest BCUT2D eigenvalue weighted by molar-refractivity contribution is 0.261. The molecule has 0 unspecified atom stereocenters. The molecular formula is C19H24N2. The van der Waals surface area contributed by atoms with Crippen LogP contribution in [-0.2, 0) is 6.42 Å². The van der Waals surface area contributed by atoms with Gasteiger partial charge in [0, 0.05) is 38.4 Å². The van der Waals surface area contributed by atoms with E-state index < -0.39 is 0 Å². The molecule has 0 aliphatic carbocycles. The summed E-state index contributed by atoms with van der Waals surface area (Å²) in [7, 11) is 0. The first-order valence-corrected chi connectivity index (χ1v) is 7.90. The van der Waals surface area contributed by atoms with E-state index >= 15 is 0 Å². The van der Waals surface area contributed by atoms with Crippen LogP contribution in [0.25, 0.3) is 0 Å². The number of para-hydroxylation sites is 1. The fourth-order valence-corrected chi connectivity index (χ4v) is 3.06. The van der Waals surface area contributed by atoms with Crippen molar-refractivity contribution in [1.82, 2.24) is 4.90 Å². The molecule has 2 aromatic carbocycles. The predicted octanol–water partition coefficient (Wildman–Crippen LogP) is 3.36. The molecule has 0 N–H and O–H groups in total. The van der Waals surface area contributed by atoms with Gasteiger partial charge in [0.2, 0.25) is 0 Å². The van der Waals surface area contributed by atoms with E-state index in [4.69, 9.17) is 0 Å². The molecule has 2 heteroatoms. The lowest BCUT2D eigenvalue weighted by Gasteiger charge is -2.36. The van der Waals surface area contributed by atoms with Crippen molar-refractivity contribution in [3.8, 4) is 0 Å². The molecule has 1 fully saturated rings. The van der Waals surface area contributed by atoms with Gasteiger partial charge in [-0.05, 0) is 30.5 Å². The molecule has 1 aliphatic heterocycles. The standard InChI is InChI=1S/C19H24N2/c1-17-7-5-6-10-19(17)21-15-13-20(14-16-21)12-11-18-8-3-2-4-9-18/h2-10H,11-16H2,1H3. The highest BCUT2D eigenvalue weighted by atomic mass is 15.3. The molecule has 0 bridgehead atoms. The second-order valence-electron chi connectivity index (χ2n) is 5.85. The van der Waals surface area contributed by atoms with Gasteiger partial charge >= 0.3 is 0 Å². The Morgan fingerprint density at radius 3 is 2.19 bits per heavy atom. The summed E-state index contributed by atoms with van der Waals surface area (Å²) in [5, 5.41) is 0. The molecule has 1 saturated heterocycles. The van der Waals surface area contributed by atoms with E-state index in [9.17, 15) is 0 Å². The average molecular weight is 280 g/mol. The number of aryl methyl sites for hydroxylation is 1. The molecule has 1 heterocycles. The first-order chi connectivity index (χ1) is 10.3. The zero-order valence-corrected chi connectivity index (χ0v) is 12.8. The van der Waals surface area contributed by atoms with E-state index in [0.29, 0.717) is 0 Å². The van der Waals surface area contributed by atoms with Crippen LogP contribution >= 0.6 is 0 Å². The zero-order valence-electron chi connectivity index (χ0n) is 12.8. The van der Waals surface area contributed by atoms with Crippen LogP contribution in [0.15, 0.2) is 54.6 Å². The maximum atomic E-state index is 2.59. The van der Waals surface area contributed by atoms with Crippen molar-refractivity contribution >= 4 is 5.69 Å². The van der Waals surface area contributed by atoms with Crippen LogP contribution < -0.4 is 4.90 Å². The lowest BCUT2D eigenvalue weighted by Crippen LogP contribution is -2.47. The van der Waals surface area contributed by atoms with Crippen LogP contribution in [0.4, 0.5) is 5.69 Å². The van der Waals surface area contributed by atoms with Gasteiger partial charge in [-0.15, -0.1) is 0 Å². The van der Waals surface area contributed by atoms with Gasteiger partial charge in [0.15, 0.2) is 0 Å². The number of benzene rings is 2. The second kappa shape index (κ2) is 6.77. The van der Waals surface area contributed by atoms with E-state index in [1.54, 1.807) is 0 Å². The van der Waals surface area contributed by atoms with Crippen LogP contribution in [0.1, 0.15) is 11.1 Å². The SMILES string of the molecule is Cc1ccccc1N1CCN(CCc2ccccc2)CC1. The van der Waals surface area contributed by atoms with Crippen LogP contribution in [0.3, 0.4) is 0 Å². The molecule has 1 aliphatic rings. The number of rotatable bonds is 4. The molecule has 2 nitrogen and oxygen atoms in total. The quantitative estimate of drug-likeness (QED) is 0.847. The van der Waals surface area contributed by atoms with Crippen molar-refractivity contribution in [3.05, 3.63) is 65.7 Å². The fraction of sp³-hybridized carbons (Fsp3) is 0.368. The molecule has 0 aromatic heterocycles. The molecule has 0 spiro atoms. The Bertz CT molecular complexity index is 557. The molecule has 0 amide bonds. The van der Waals surface area contributed by atoms with Crippen molar-refractivity contribution < 1.29 is 0 Å². The summed E-state index contributed by atoms with van der Waals surface area (Å²) in [6.45, 7) is 7.99. The summed E-state index contributed by atoms with van der Waals surface area (Å²) in [4.78, 5) is 5.11. The summed E-state index contributed by atoms with van der Waals surface area (Å²) >= 11 is 0. The van der Waals surface area contributed by atoms with Gasteiger partial charge in [-0.3, -0.25) is 4.90 Å². The highest BCUT2D eigenvalue weighted by Gasteiger charge is 2.17. The Hall–Kier alpha value is -1.80. The van der Waals surface area contributed by atoms with Gasteiger partial charge in [-0.25, -0.2) is 0 Å². The highest BCUT2D eigenvalue weighted by Crippen LogP contribution is 2.20. The Morgan fingerprint density at radius 1 is 0.810 bits per heavy atom. The average Bonchev–Trinajstić information content (AvgIpc) is 2.55. The van der Waals surface area contributed by atoms with Gasteiger partial charge in [0.25, 0.3) is 0 Å². The van der Waals surface area contributed by atoms with Crippen molar-refractivity contribution in [1.29, 1.82) is 0 Å². The van der Waals surface area contributed by atoms with Crippen LogP contribution in [0.2, 0.25) is 0 Å². The van der Waals surface area contributed by atoms with E-state index in [1.807, 2.05) is 0 Å². The molecule has 3 rings (SSSR count).